The molecule has 1 aliphatic rings. The minimum atomic E-state index is -0.724. The van der Waals surface area contributed by atoms with Crippen molar-refractivity contribution in [2.75, 3.05) is 19.8 Å². The summed E-state index contributed by atoms with van der Waals surface area (Å²) in [5, 5.41) is 0. The quantitative estimate of drug-likeness (QED) is 0.407. The molecule has 0 radical (unpaired) electrons. The first-order valence-electron chi connectivity index (χ1n) is 10.0. The second-order valence-electron chi connectivity index (χ2n) is 6.79. The van der Waals surface area contributed by atoms with E-state index in [1.807, 2.05) is 0 Å². The number of esters is 2. The molecule has 1 aliphatic heterocycles. The molecule has 3 aromatic rings. The highest BCUT2D eigenvalue weighted by molar-refractivity contribution is 6.14. The first-order valence-corrected chi connectivity index (χ1v) is 10.0. The molecule has 4 rings (SSSR count). The van der Waals surface area contributed by atoms with Gasteiger partial charge in [0.25, 0.3) is 0 Å². The third-order valence-electron chi connectivity index (χ3n) is 4.77. The SMILES string of the molecule is CCOC(=O)c1ccoc1COC(=O)c1ccccc1C(=O)c1ccc2c(c1)OCCO2. The highest BCUT2D eigenvalue weighted by Crippen LogP contribution is 2.31. The van der Waals surface area contributed by atoms with Gasteiger partial charge in [-0.3, -0.25) is 4.79 Å². The van der Waals surface area contributed by atoms with E-state index >= 15 is 0 Å². The van der Waals surface area contributed by atoms with Crippen LogP contribution in [0.4, 0.5) is 0 Å². The van der Waals surface area contributed by atoms with Gasteiger partial charge in [-0.25, -0.2) is 9.59 Å². The lowest BCUT2D eigenvalue weighted by molar-refractivity contribution is 0.0421. The summed E-state index contributed by atoms with van der Waals surface area (Å²) in [7, 11) is 0. The highest BCUT2D eigenvalue weighted by atomic mass is 16.6. The van der Waals surface area contributed by atoms with Gasteiger partial charge in [-0.2, -0.15) is 0 Å². The van der Waals surface area contributed by atoms with Crippen LogP contribution in [0.1, 0.15) is 49.3 Å². The summed E-state index contributed by atoms with van der Waals surface area (Å²) in [6.45, 7) is 2.45. The van der Waals surface area contributed by atoms with E-state index in [0.717, 1.165) is 0 Å². The molecule has 0 aliphatic carbocycles. The number of hydrogen-bond acceptors (Lipinski definition) is 8. The molecule has 0 spiro atoms. The first kappa shape index (κ1) is 21.2. The van der Waals surface area contributed by atoms with Crippen LogP contribution in [0, 0.1) is 0 Å². The van der Waals surface area contributed by atoms with Crippen molar-refractivity contribution in [2.24, 2.45) is 0 Å². The Balaban J connectivity index is 1.52. The average molecular weight is 436 g/mol. The summed E-state index contributed by atoms with van der Waals surface area (Å²) in [4.78, 5) is 37.8. The molecule has 32 heavy (non-hydrogen) atoms. The van der Waals surface area contributed by atoms with Crippen LogP contribution in [0.3, 0.4) is 0 Å². The van der Waals surface area contributed by atoms with Crippen molar-refractivity contribution in [3.8, 4) is 11.5 Å². The van der Waals surface area contributed by atoms with Gasteiger partial charge in [0.15, 0.2) is 29.6 Å². The zero-order valence-electron chi connectivity index (χ0n) is 17.3. The first-order chi connectivity index (χ1) is 15.6. The van der Waals surface area contributed by atoms with Gasteiger partial charge in [0.1, 0.15) is 18.8 Å². The molecule has 0 N–H and O–H groups in total. The zero-order valence-corrected chi connectivity index (χ0v) is 17.3. The fourth-order valence-corrected chi connectivity index (χ4v) is 3.25. The van der Waals surface area contributed by atoms with E-state index < -0.39 is 11.9 Å². The van der Waals surface area contributed by atoms with Crippen molar-refractivity contribution in [1.29, 1.82) is 0 Å². The second-order valence-corrected chi connectivity index (χ2v) is 6.79. The Morgan fingerprint density at radius 3 is 2.34 bits per heavy atom. The third-order valence-corrected chi connectivity index (χ3v) is 4.77. The Hall–Kier alpha value is -4.07. The van der Waals surface area contributed by atoms with Gasteiger partial charge in [0.2, 0.25) is 0 Å². The summed E-state index contributed by atoms with van der Waals surface area (Å²) >= 11 is 0. The Bertz CT molecular complexity index is 1160. The van der Waals surface area contributed by atoms with Crippen molar-refractivity contribution < 1.29 is 37.7 Å². The standard InChI is InChI=1S/C24H20O8/c1-2-28-24(27)18-9-10-29-21(18)14-32-23(26)17-6-4-3-5-16(17)22(25)15-7-8-19-20(13-15)31-12-11-30-19/h3-10,13H,2,11-12,14H2,1H3. The Labute approximate surface area is 183 Å². The lowest BCUT2D eigenvalue weighted by Crippen LogP contribution is -2.16. The van der Waals surface area contributed by atoms with Crippen LogP contribution in [-0.2, 0) is 16.1 Å². The van der Waals surface area contributed by atoms with Crippen LogP contribution >= 0.6 is 0 Å². The van der Waals surface area contributed by atoms with Gasteiger partial charge >= 0.3 is 11.9 Å². The van der Waals surface area contributed by atoms with E-state index in [2.05, 4.69) is 0 Å². The number of hydrogen-bond donors (Lipinski definition) is 0. The molecular formula is C24H20O8. The number of fused-ring (bicyclic) bond motifs is 1. The molecule has 0 atom stereocenters. The molecule has 0 saturated heterocycles. The Morgan fingerprint density at radius 1 is 0.844 bits per heavy atom. The number of carbonyl (C=O) groups is 3. The molecule has 8 nitrogen and oxygen atoms in total. The Kier molecular flexibility index (Phi) is 6.21. The minimum Gasteiger partial charge on any atom is -0.486 e. The zero-order chi connectivity index (χ0) is 22.5. The van der Waals surface area contributed by atoms with Crippen LogP contribution in [0.5, 0.6) is 11.5 Å². The van der Waals surface area contributed by atoms with E-state index in [1.54, 1.807) is 43.3 Å². The van der Waals surface area contributed by atoms with Gasteiger partial charge in [0.05, 0.1) is 18.4 Å². The van der Waals surface area contributed by atoms with Crippen LogP contribution < -0.4 is 9.47 Å². The number of carbonyl (C=O) groups excluding carboxylic acids is 3. The topological polar surface area (TPSA) is 101 Å². The molecule has 0 fully saturated rings. The van der Waals surface area contributed by atoms with E-state index in [4.69, 9.17) is 23.4 Å². The van der Waals surface area contributed by atoms with Crippen LogP contribution in [0.15, 0.2) is 59.2 Å². The van der Waals surface area contributed by atoms with Crippen molar-refractivity contribution in [3.63, 3.8) is 0 Å². The summed E-state index contributed by atoms with van der Waals surface area (Å²) in [5.41, 5.74) is 0.807. The normalized spacial score (nSPS) is 12.2. The molecule has 8 heteroatoms. The largest absolute Gasteiger partial charge is 0.486 e. The van der Waals surface area contributed by atoms with Crippen LogP contribution in [0.25, 0.3) is 0 Å². The van der Waals surface area contributed by atoms with Gasteiger partial charge in [0, 0.05) is 11.1 Å². The maximum absolute atomic E-state index is 13.1. The number of benzene rings is 2. The molecular weight excluding hydrogens is 416 g/mol. The van der Waals surface area contributed by atoms with Crippen LogP contribution in [0.2, 0.25) is 0 Å². The molecule has 1 aromatic heterocycles. The summed E-state index contributed by atoms with van der Waals surface area (Å²) in [6.07, 6.45) is 1.31. The van der Waals surface area contributed by atoms with Gasteiger partial charge < -0.3 is 23.4 Å². The molecule has 2 heterocycles. The smallest absolute Gasteiger partial charge is 0.341 e. The molecule has 2 aromatic carbocycles. The number of ketones is 1. The lowest BCUT2D eigenvalue weighted by atomic mass is 9.98. The number of furan rings is 1. The predicted molar refractivity (Wildman–Crippen MR) is 111 cm³/mol. The second kappa shape index (κ2) is 9.38. The summed E-state index contributed by atoms with van der Waals surface area (Å²) in [6, 6.07) is 12.7. The number of ether oxygens (including phenoxy) is 4. The van der Waals surface area contributed by atoms with Crippen molar-refractivity contribution in [3.05, 3.63) is 82.8 Å². The maximum atomic E-state index is 13.1. The monoisotopic (exact) mass is 436 g/mol. The van der Waals surface area contributed by atoms with E-state index in [9.17, 15) is 14.4 Å². The van der Waals surface area contributed by atoms with Gasteiger partial charge in [-0.05, 0) is 37.3 Å². The fraction of sp³-hybridized carbons (Fsp3) is 0.208. The van der Waals surface area contributed by atoms with Gasteiger partial charge in [-0.15, -0.1) is 0 Å². The number of rotatable bonds is 7. The highest BCUT2D eigenvalue weighted by Gasteiger charge is 2.23. The third kappa shape index (κ3) is 4.34. The molecule has 0 bridgehead atoms. The van der Waals surface area contributed by atoms with E-state index in [-0.39, 0.29) is 41.4 Å². The Morgan fingerprint density at radius 2 is 1.56 bits per heavy atom. The van der Waals surface area contributed by atoms with Crippen molar-refractivity contribution in [1.82, 2.24) is 0 Å². The maximum Gasteiger partial charge on any atom is 0.341 e. The molecule has 0 saturated carbocycles. The molecule has 0 amide bonds. The van der Waals surface area contributed by atoms with Crippen LogP contribution in [-0.4, -0.2) is 37.5 Å². The predicted octanol–water partition coefficient (Wildman–Crippen LogP) is 3.82. The lowest BCUT2D eigenvalue weighted by Gasteiger charge is -2.18. The van der Waals surface area contributed by atoms with E-state index in [0.29, 0.717) is 30.3 Å². The minimum absolute atomic E-state index is 0.0941. The van der Waals surface area contributed by atoms with Gasteiger partial charge in [-0.1, -0.05) is 18.2 Å². The van der Waals surface area contributed by atoms with Crippen molar-refractivity contribution in [2.45, 2.75) is 13.5 Å². The molecule has 164 valence electrons. The summed E-state index contributed by atoms with van der Waals surface area (Å²) in [5.74, 6) is -0.450. The average Bonchev–Trinajstić information content (AvgIpc) is 3.31. The van der Waals surface area contributed by atoms with E-state index in [1.165, 1.54) is 18.4 Å². The molecule has 0 unspecified atom stereocenters. The van der Waals surface area contributed by atoms with Crippen molar-refractivity contribution >= 4 is 17.7 Å². The fourth-order valence-electron chi connectivity index (χ4n) is 3.25. The summed E-state index contributed by atoms with van der Waals surface area (Å²) < 4.78 is 26.5.